The number of hydrogen-bond acceptors (Lipinski definition) is 6. The number of imide groups is 1. The van der Waals surface area contributed by atoms with Gasteiger partial charge in [0.15, 0.2) is 5.54 Å². The number of amidine groups is 1. The Balaban J connectivity index is 1.91. The number of nitrogens with two attached hydrogens (primary N) is 2. The summed E-state index contributed by atoms with van der Waals surface area (Å²) < 4.78 is 0. The van der Waals surface area contributed by atoms with Gasteiger partial charge in [-0.1, -0.05) is 68.4 Å². The molecule has 0 radical (unpaired) electrons. The monoisotopic (exact) mass is 519 g/mol. The minimum Gasteiger partial charge on any atom is -0.480 e. The average molecular weight is 520 g/mol. The van der Waals surface area contributed by atoms with Gasteiger partial charge in [-0.05, 0) is 23.5 Å². The van der Waals surface area contributed by atoms with Gasteiger partial charge in [0.05, 0.1) is 18.4 Å². The first kappa shape index (κ1) is 27.0. The summed E-state index contributed by atoms with van der Waals surface area (Å²) >= 11 is 0. The van der Waals surface area contributed by atoms with Crippen LogP contribution in [-0.4, -0.2) is 57.0 Å². The predicted octanol–water partition coefficient (Wildman–Crippen LogP) is 1.66. The van der Waals surface area contributed by atoms with E-state index in [1.54, 1.807) is 4.90 Å². The van der Waals surface area contributed by atoms with E-state index in [0.717, 1.165) is 5.56 Å². The number of hydrogen-bond donors (Lipinski definition) is 4. The second-order valence-corrected chi connectivity index (χ2v) is 10.4. The Labute approximate surface area is 221 Å². The van der Waals surface area contributed by atoms with Crippen LogP contribution in [0.5, 0.6) is 0 Å². The van der Waals surface area contributed by atoms with Crippen molar-refractivity contribution in [2.75, 3.05) is 6.54 Å². The molecular formula is C28H33N5O5. The molecule has 0 aliphatic carbocycles. The highest BCUT2D eigenvalue weighted by Crippen LogP contribution is 2.55. The van der Waals surface area contributed by atoms with Crippen molar-refractivity contribution in [2.45, 2.75) is 44.8 Å². The zero-order chi connectivity index (χ0) is 27.8. The zero-order valence-electron chi connectivity index (χ0n) is 21.5. The molecule has 2 fully saturated rings. The Morgan fingerprint density at radius 2 is 1.66 bits per heavy atom. The quantitative estimate of drug-likeness (QED) is 0.210. The van der Waals surface area contributed by atoms with Gasteiger partial charge in [0.25, 0.3) is 0 Å². The number of carbonyl (C=O) groups is 4. The number of rotatable bonds is 10. The maximum Gasteiger partial charge on any atom is 0.329 e. The molecule has 2 aliphatic rings. The van der Waals surface area contributed by atoms with Gasteiger partial charge in [0, 0.05) is 24.6 Å². The molecule has 200 valence electrons. The summed E-state index contributed by atoms with van der Waals surface area (Å²) in [6.07, 6.45) is 0.309. The fraction of sp³-hybridized carbons (Fsp3) is 0.393. The van der Waals surface area contributed by atoms with E-state index in [4.69, 9.17) is 16.9 Å². The van der Waals surface area contributed by atoms with E-state index < -0.39 is 47.1 Å². The molecular weight excluding hydrogens is 486 g/mol. The molecule has 4 rings (SSSR count). The van der Waals surface area contributed by atoms with Crippen molar-refractivity contribution in [3.05, 3.63) is 71.3 Å². The van der Waals surface area contributed by atoms with E-state index in [-0.39, 0.29) is 36.8 Å². The number of aliphatic carboxylic acids is 1. The minimum absolute atomic E-state index is 0.0281. The van der Waals surface area contributed by atoms with E-state index in [0.29, 0.717) is 12.0 Å². The molecule has 2 aromatic rings. The number of primary amides is 1. The number of nitrogen functional groups attached to an aromatic ring is 1. The summed E-state index contributed by atoms with van der Waals surface area (Å²) in [5.74, 6) is -5.11. The first-order chi connectivity index (χ1) is 18.0. The number of carbonyl (C=O) groups excluding carboxylic acids is 3. The van der Waals surface area contributed by atoms with Gasteiger partial charge in [-0.25, -0.2) is 4.79 Å². The van der Waals surface area contributed by atoms with Crippen molar-refractivity contribution in [3.8, 4) is 0 Å². The second-order valence-electron chi connectivity index (χ2n) is 10.4. The molecule has 4 atom stereocenters. The lowest BCUT2D eigenvalue weighted by atomic mass is 9.75. The largest absolute Gasteiger partial charge is 0.480 e. The highest BCUT2D eigenvalue weighted by molar-refractivity contribution is 6.09. The number of carboxylic acids is 1. The lowest BCUT2D eigenvalue weighted by Crippen LogP contribution is -2.57. The average Bonchev–Trinajstić information content (AvgIpc) is 3.28. The predicted molar refractivity (Wildman–Crippen MR) is 140 cm³/mol. The van der Waals surface area contributed by atoms with Gasteiger partial charge in [-0.15, -0.1) is 0 Å². The van der Waals surface area contributed by atoms with Gasteiger partial charge >= 0.3 is 5.97 Å². The van der Waals surface area contributed by atoms with Crippen LogP contribution in [0.1, 0.15) is 43.4 Å². The Morgan fingerprint density at radius 1 is 1.03 bits per heavy atom. The summed E-state index contributed by atoms with van der Waals surface area (Å²) in [5, 5.41) is 18.6. The lowest BCUT2D eigenvalue weighted by molar-refractivity contribution is -0.160. The van der Waals surface area contributed by atoms with E-state index in [9.17, 15) is 24.3 Å². The van der Waals surface area contributed by atoms with Crippen LogP contribution in [0.2, 0.25) is 0 Å². The first-order valence-electron chi connectivity index (χ1n) is 12.6. The highest BCUT2D eigenvalue weighted by atomic mass is 16.4. The molecule has 38 heavy (non-hydrogen) atoms. The Hall–Kier alpha value is -4.05. The van der Waals surface area contributed by atoms with E-state index in [1.165, 1.54) is 29.2 Å². The summed E-state index contributed by atoms with van der Waals surface area (Å²) in [4.78, 5) is 56.0. The molecule has 2 heterocycles. The number of benzene rings is 2. The van der Waals surface area contributed by atoms with Crippen LogP contribution in [0, 0.1) is 23.2 Å². The SMILES string of the molecule is CC(C)CC1C2C(=O)N(Cc3ccccc3)C(=O)C2C(C(=O)O)(c2ccc(C(=N)N)cc2)N1CCC(N)=O. The van der Waals surface area contributed by atoms with Crippen LogP contribution in [0.25, 0.3) is 0 Å². The second kappa shape index (κ2) is 10.4. The van der Waals surface area contributed by atoms with E-state index in [1.807, 2.05) is 44.2 Å². The Morgan fingerprint density at radius 3 is 2.18 bits per heavy atom. The third-order valence-corrected chi connectivity index (χ3v) is 7.62. The highest BCUT2D eigenvalue weighted by Gasteiger charge is 2.72. The number of carboxylic acid groups (broad SMARTS) is 1. The number of nitrogens with zero attached hydrogens (tertiary/aromatic N) is 2. The Kier molecular flexibility index (Phi) is 7.37. The zero-order valence-corrected chi connectivity index (χ0v) is 21.5. The normalized spacial score (nSPS) is 25.1. The number of likely N-dealkylation sites (tertiary alicyclic amines) is 2. The smallest absolute Gasteiger partial charge is 0.329 e. The van der Waals surface area contributed by atoms with Crippen molar-refractivity contribution in [1.82, 2.24) is 9.80 Å². The molecule has 3 amide bonds. The van der Waals surface area contributed by atoms with Crippen molar-refractivity contribution < 1.29 is 24.3 Å². The van der Waals surface area contributed by atoms with Crippen LogP contribution in [-0.2, 0) is 31.3 Å². The van der Waals surface area contributed by atoms with Gasteiger partial charge in [0.2, 0.25) is 17.7 Å². The minimum atomic E-state index is -1.92. The molecule has 10 nitrogen and oxygen atoms in total. The maximum atomic E-state index is 14.1. The van der Waals surface area contributed by atoms with Crippen LogP contribution < -0.4 is 11.5 Å². The third-order valence-electron chi connectivity index (χ3n) is 7.62. The molecule has 2 aromatic carbocycles. The molecule has 0 aromatic heterocycles. The van der Waals surface area contributed by atoms with Gasteiger partial charge in [-0.3, -0.25) is 29.6 Å². The van der Waals surface area contributed by atoms with Crippen molar-refractivity contribution in [3.63, 3.8) is 0 Å². The molecule has 10 heteroatoms. The summed E-state index contributed by atoms with van der Waals surface area (Å²) in [6, 6.07) is 14.6. The molecule has 2 aliphatic heterocycles. The summed E-state index contributed by atoms with van der Waals surface area (Å²) in [6.45, 7) is 3.94. The fourth-order valence-corrected chi connectivity index (χ4v) is 6.09. The van der Waals surface area contributed by atoms with E-state index >= 15 is 0 Å². The fourth-order valence-electron chi connectivity index (χ4n) is 6.09. The molecule has 6 N–H and O–H groups in total. The standard InChI is InChI=1S/C28H33N5O5/c1-16(2)14-20-22-23(26(36)32(25(22)35)15-17-6-4-3-5-7-17)28(27(37)38,33(20)13-12-21(29)34)19-10-8-18(9-11-19)24(30)31/h3-11,16,20,22-23H,12-15H2,1-2H3,(H2,29,34)(H3,30,31)(H,37,38). The summed E-state index contributed by atoms with van der Waals surface area (Å²) in [5.41, 5.74) is 10.6. The third kappa shape index (κ3) is 4.45. The lowest BCUT2D eigenvalue weighted by Gasteiger charge is -2.41. The number of fused-ring (bicyclic) bond motifs is 1. The summed E-state index contributed by atoms with van der Waals surface area (Å²) in [7, 11) is 0. The molecule has 0 spiro atoms. The van der Waals surface area contributed by atoms with Crippen molar-refractivity contribution in [1.29, 1.82) is 5.41 Å². The molecule has 2 saturated heterocycles. The number of amides is 3. The number of nitrogens with one attached hydrogen (secondary N) is 1. The molecule has 0 saturated carbocycles. The first-order valence-corrected chi connectivity index (χ1v) is 12.6. The van der Waals surface area contributed by atoms with E-state index in [2.05, 4.69) is 0 Å². The van der Waals surface area contributed by atoms with Gasteiger partial charge in [-0.2, -0.15) is 0 Å². The van der Waals surface area contributed by atoms with Crippen LogP contribution in [0.4, 0.5) is 0 Å². The van der Waals surface area contributed by atoms with Crippen LogP contribution in [0.3, 0.4) is 0 Å². The van der Waals surface area contributed by atoms with Crippen LogP contribution in [0.15, 0.2) is 54.6 Å². The topological polar surface area (TPSA) is 171 Å². The van der Waals surface area contributed by atoms with Gasteiger partial charge in [0.1, 0.15) is 5.84 Å². The molecule has 4 unspecified atom stereocenters. The van der Waals surface area contributed by atoms with Crippen molar-refractivity contribution >= 4 is 29.5 Å². The van der Waals surface area contributed by atoms with Crippen LogP contribution >= 0.6 is 0 Å². The maximum absolute atomic E-state index is 14.1. The molecule has 0 bridgehead atoms. The van der Waals surface area contributed by atoms with Crippen molar-refractivity contribution in [2.24, 2.45) is 29.2 Å². The Bertz CT molecular complexity index is 1260. The van der Waals surface area contributed by atoms with Gasteiger partial charge < -0.3 is 16.6 Å².